The van der Waals surface area contributed by atoms with E-state index in [0.29, 0.717) is 11.8 Å². The molecule has 6 nitrogen and oxygen atoms in total. The summed E-state index contributed by atoms with van der Waals surface area (Å²) in [5.41, 5.74) is 1.87. The molecule has 1 N–H and O–H groups in total. The molecule has 1 atom stereocenters. The van der Waals surface area contributed by atoms with E-state index in [2.05, 4.69) is 15.3 Å². The second-order valence-corrected chi connectivity index (χ2v) is 6.89. The van der Waals surface area contributed by atoms with Gasteiger partial charge >= 0.3 is 0 Å². The summed E-state index contributed by atoms with van der Waals surface area (Å²) in [6.45, 7) is 6.24. The van der Waals surface area contributed by atoms with Gasteiger partial charge in [0.1, 0.15) is 18.1 Å². The average Bonchev–Trinajstić information content (AvgIpc) is 3.06. The number of rotatable bonds is 9. The zero-order chi connectivity index (χ0) is 18.4. The number of nitrogens with zero attached hydrogens (tertiary/aromatic N) is 2. The highest BCUT2D eigenvalue weighted by Gasteiger charge is 2.09. The van der Waals surface area contributed by atoms with E-state index >= 15 is 0 Å². The number of benzene rings is 1. The molecular weight excluding hydrogens is 350 g/mol. The molecule has 7 heteroatoms. The van der Waals surface area contributed by atoms with E-state index in [0.717, 1.165) is 40.5 Å². The van der Waals surface area contributed by atoms with Crippen molar-refractivity contribution in [2.24, 2.45) is 0 Å². The van der Waals surface area contributed by atoms with Crippen molar-refractivity contribution in [3.63, 3.8) is 0 Å². The van der Waals surface area contributed by atoms with Gasteiger partial charge in [0.15, 0.2) is 5.65 Å². The van der Waals surface area contributed by atoms with Crippen LogP contribution in [0.5, 0.6) is 16.7 Å². The molecule has 0 aliphatic carbocycles. The van der Waals surface area contributed by atoms with Gasteiger partial charge in [-0.15, -0.1) is 0 Å². The van der Waals surface area contributed by atoms with Crippen LogP contribution in [-0.2, 0) is 4.74 Å². The Balaban J connectivity index is 1.50. The van der Waals surface area contributed by atoms with Crippen molar-refractivity contribution in [3.05, 3.63) is 42.1 Å². The van der Waals surface area contributed by atoms with E-state index in [-0.39, 0.29) is 6.10 Å². The second kappa shape index (κ2) is 8.93. The number of pyridine rings is 1. The first-order valence-corrected chi connectivity index (χ1v) is 9.33. The first kappa shape index (κ1) is 18.6. The van der Waals surface area contributed by atoms with Gasteiger partial charge < -0.3 is 19.5 Å². The summed E-state index contributed by atoms with van der Waals surface area (Å²) < 4.78 is 17.8. The zero-order valence-electron chi connectivity index (χ0n) is 15.2. The number of aryl methyl sites for hydroxylation is 1. The quantitative estimate of drug-likeness (QED) is 0.576. The number of aromatic nitrogens is 2. The van der Waals surface area contributed by atoms with Gasteiger partial charge in [0.05, 0.1) is 10.8 Å². The Morgan fingerprint density at radius 1 is 1.15 bits per heavy atom. The Bertz CT molecular complexity index is 836. The van der Waals surface area contributed by atoms with Crippen LogP contribution in [0.2, 0.25) is 0 Å². The van der Waals surface area contributed by atoms with Crippen LogP contribution in [0.3, 0.4) is 0 Å². The van der Waals surface area contributed by atoms with E-state index in [1.807, 2.05) is 44.2 Å². The Kier molecular flexibility index (Phi) is 6.38. The summed E-state index contributed by atoms with van der Waals surface area (Å²) >= 11 is 1.50. The lowest BCUT2D eigenvalue weighted by atomic mass is 10.3. The molecule has 0 saturated heterocycles. The molecule has 1 unspecified atom stereocenters. The summed E-state index contributed by atoms with van der Waals surface area (Å²) in [5.74, 6) is 1.53. The Morgan fingerprint density at radius 3 is 2.65 bits per heavy atom. The third-order valence-corrected chi connectivity index (χ3v) is 4.94. The van der Waals surface area contributed by atoms with Gasteiger partial charge in [-0.05, 0) is 49.7 Å². The topological polar surface area (TPSA) is 65.5 Å². The van der Waals surface area contributed by atoms with Crippen molar-refractivity contribution >= 4 is 21.7 Å². The largest absolute Gasteiger partial charge is 0.492 e. The van der Waals surface area contributed by atoms with E-state index < -0.39 is 0 Å². The Hall–Kier alpha value is -2.22. The first-order chi connectivity index (χ1) is 12.7. The smallest absolute Gasteiger partial charge is 0.281 e. The Morgan fingerprint density at radius 2 is 1.92 bits per heavy atom. The predicted molar refractivity (Wildman–Crippen MR) is 104 cm³/mol. The van der Waals surface area contributed by atoms with Crippen LogP contribution in [-0.4, -0.2) is 42.9 Å². The molecule has 3 rings (SSSR count). The van der Waals surface area contributed by atoms with E-state index in [4.69, 9.17) is 14.2 Å². The maximum Gasteiger partial charge on any atom is 0.281 e. The predicted octanol–water partition coefficient (Wildman–Crippen LogP) is 3.80. The number of nitrogens with one attached hydrogen (secondary N) is 1. The minimum absolute atomic E-state index is 0.202. The van der Waals surface area contributed by atoms with E-state index in [1.54, 1.807) is 13.3 Å². The van der Waals surface area contributed by atoms with E-state index in [9.17, 15) is 0 Å². The molecule has 1 aromatic carbocycles. The molecular formula is C19H23N3O3S. The normalized spacial score (nSPS) is 12.3. The summed E-state index contributed by atoms with van der Waals surface area (Å²) in [7, 11) is 1.71. The van der Waals surface area contributed by atoms with Crippen LogP contribution in [0.4, 0.5) is 0 Å². The van der Waals surface area contributed by atoms with Gasteiger partial charge in [-0.3, -0.25) is 0 Å². The van der Waals surface area contributed by atoms with Crippen LogP contribution < -0.4 is 14.8 Å². The molecule has 0 bridgehead atoms. The molecule has 2 aromatic heterocycles. The lowest BCUT2D eigenvalue weighted by Crippen LogP contribution is -2.29. The van der Waals surface area contributed by atoms with Gasteiger partial charge in [0.2, 0.25) is 0 Å². The molecule has 0 aliphatic heterocycles. The fourth-order valence-corrected chi connectivity index (χ4v) is 3.17. The maximum atomic E-state index is 5.84. The molecule has 0 amide bonds. The number of methoxy groups -OCH3 is 1. The lowest BCUT2D eigenvalue weighted by Gasteiger charge is -2.11. The molecule has 3 aromatic rings. The van der Waals surface area contributed by atoms with Crippen molar-refractivity contribution < 1.29 is 14.2 Å². The molecule has 0 spiro atoms. The van der Waals surface area contributed by atoms with Gasteiger partial charge in [-0.1, -0.05) is 11.3 Å². The fourth-order valence-electron chi connectivity index (χ4n) is 2.31. The third kappa shape index (κ3) is 4.91. The molecule has 0 saturated carbocycles. The van der Waals surface area contributed by atoms with Crippen molar-refractivity contribution in [3.8, 4) is 16.7 Å². The molecule has 0 radical (unpaired) electrons. The highest BCUT2D eigenvalue weighted by Crippen LogP contribution is 2.32. The van der Waals surface area contributed by atoms with Crippen molar-refractivity contribution in [1.29, 1.82) is 0 Å². The zero-order valence-corrected chi connectivity index (χ0v) is 16.0. The van der Waals surface area contributed by atoms with Crippen LogP contribution in [0.25, 0.3) is 10.3 Å². The van der Waals surface area contributed by atoms with Crippen molar-refractivity contribution in [2.45, 2.75) is 20.0 Å². The monoisotopic (exact) mass is 373 g/mol. The second-order valence-electron chi connectivity index (χ2n) is 5.93. The molecule has 26 heavy (non-hydrogen) atoms. The highest BCUT2D eigenvalue weighted by atomic mass is 32.1. The van der Waals surface area contributed by atoms with Crippen LogP contribution in [0.15, 0.2) is 36.5 Å². The lowest BCUT2D eigenvalue weighted by molar-refractivity contribution is 0.116. The molecule has 0 aliphatic rings. The minimum Gasteiger partial charge on any atom is -0.492 e. The number of ether oxygens (including phenoxy) is 3. The first-order valence-electron chi connectivity index (χ1n) is 8.52. The summed E-state index contributed by atoms with van der Waals surface area (Å²) in [6.07, 6.45) is 1.96. The van der Waals surface area contributed by atoms with Crippen LogP contribution in [0.1, 0.15) is 12.5 Å². The molecule has 0 fully saturated rings. The van der Waals surface area contributed by atoms with Crippen LogP contribution in [0, 0.1) is 6.92 Å². The van der Waals surface area contributed by atoms with Crippen molar-refractivity contribution in [1.82, 2.24) is 15.3 Å². The summed E-state index contributed by atoms with van der Waals surface area (Å²) in [6, 6.07) is 9.51. The number of hydrogen-bond donors (Lipinski definition) is 1. The number of fused-ring (bicyclic) bond motifs is 1. The molecule has 2 heterocycles. The minimum atomic E-state index is 0.202. The van der Waals surface area contributed by atoms with Gasteiger partial charge in [-0.2, -0.15) is 4.98 Å². The maximum absolute atomic E-state index is 5.84. The highest BCUT2D eigenvalue weighted by molar-refractivity contribution is 7.20. The summed E-state index contributed by atoms with van der Waals surface area (Å²) in [5, 5.41) is 3.87. The summed E-state index contributed by atoms with van der Waals surface area (Å²) in [4.78, 5) is 8.69. The van der Waals surface area contributed by atoms with E-state index in [1.165, 1.54) is 11.3 Å². The number of thiazole rings is 1. The van der Waals surface area contributed by atoms with Crippen LogP contribution >= 0.6 is 11.3 Å². The molecule has 138 valence electrons. The van der Waals surface area contributed by atoms with Gasteiger partial charge in [0.25, 0.3) is 5.19 Å². The third-order valence-electron chi connectivity index (χ3n) is 3.88. The fraction of sp³-hybridized carbons (Fsp3) is 0.368. The SMILES string of the molecule is COC(C)CNCCOc1ccc(Oc2nc3nccc(C)c3s2)cc1. The van der Waals surface area contributed by atoms with Crippen molar-refractivity contribution in [2.75, 3.05) is 26.8 Å². The van der Waals surface area contributed by atoms with Gasteiger partial charge in [-0.25, -0.2) is 4.98 Å². The Labute approximate surface area is 157 Å². The van der Waals surface area contributed by atoms with Gasteiger partial charge in [0, 0.05) is 26.4 Å². The number of hydrogen-bond acceptors (Lipinski definition) is 7. The average molecular weight is 373 g/mol. The standard InChI is InChI=1S/C19H23N3O3S/c1-13-8-9-21-18-17(13)26-19(22-18)25-16-6-4-15(5-7-16)24-11-10-20-12-14(2)23-3/h4-9,14,20H,10-12H2,1-3H3.